The number of nitrogens with one attached hydrogen (secondary N) is 1. The molecule has 0 amide bonds. The standard InChI is InChI=1S/C19H20Cl2FN3S/c20-16-4-1-14(2-5-16)12-23-19(26)25-9-7-24(8-10-25)13-15-3-6-17(22)11-18(15)21/h1-6,11H,7-10,12-13H2,(H,23,26). The van der Waals surface area contributed by atoms with E-state index < -0.39 is 0 Å². The van der Waals surface area contributed by atoms with Crippen LogP contribution in [0.4, 0.5) is 4.39 Å². The van der Waals surface area contributed by atoms with Gasteiger partial charge in [0.2, 0.25) is 0 Å². The van der Waals surface area contributed by atoms with E-state index >= 15 is 0 Å². The third-order valence-electron chi connectivity index (χ3n) is 4.43. The highest BCUT2D eigenvalue weighted by atomic mass is 35.5. The molecule has 1 N–H and O–H groups in total. The molecule has 0 saturated carbocycles. The number of halogens is 3. The second-order valence-electron chi connectivity index (χ2n) is 6.28. The molecule has 0 aromatic heterocycles. The predicted molar refractivity (Wildman–Crippen MR) is 109 cm³/mol. The maximum absolute atomic E-state index is 13.1. The first-order chi connectivity index (χ1) is 12.5. The van der Waals surface area contributed by atoms with Crippen molar-refractivity contribution in [2.75, 3.05) is 26.2 Å². The Morgan fingerprint density at radius 2 is 1.73 bits per heavy atom. The normalized spacial score (nSPS) is 15.1. The van der Waals surface area contributed by atoms with Gasteiger partial charge in [0, 0.05) is 49.3 Å². The first-order valence-corrected chi connectivity index (χ1v) is 9.61. The average molecular weight is 412 g/mol. The van der Waals surface area contributed by atoms with Crippen molar-refractivity contribution in [3.63, 3.8) is 0 Å². The average Bonchev–Trinajstić information content (AvgIpc) is 2.64. The fourth-order valence-electron chi connectivity index (χ4n) is 2.89. The van der Waals surface area contributed by atoms with Crippen LogP contribution in [0.1, 0.15) is 11.1 Å². The van der Waals surface area contributed by atoms with Gasteiger partial charge in [-0.25, -0.2) is 4.39 Å². The summed E-state index contributed by atoms with van der Waals surface area (Å²) in [5.41, 5.74) is 2.09. The van der Waals surface area contributed by atoms with Crippen LogP contribution in [-0.2, 0) is 13.1 Å². The van der Waals surface area contributed by atoms with Crippen LogP contribution in [0.2, 0.25) is 10.0 Å². The summed E-state index contributed by atoms with van der Waals surface area (Å²) < 4.78 is 13.1. The van der Waals surface area contributed by atoms with Crippen LogP contribution in [-0.4, -0.2) is 41.1 Å². The number of nitrogens with zero attached hydrogens (tertiary/aromatic N) is 2. The fraction of sp³-hybridized carbons (Fsp3) is 0.316. The molecule has 26 heavy (non-hydrogen) atoms. The first kappa shape index (κ1) is 19.4. The molecule has 0 unspecified atom stereocenters. The van der Waals surface area contributed by atoms with E-state index in [4.69, 9.17) is 35.4 Å². The zero-order chi connectivity index (χ0) is 18.5. The zero-order valence-electron chi connectivity index (χ0n) is 14.2. The van der Waals surface area contributed by atoms with Crippen molar-refractivity contribution in [1.82, 2.24) is 15.1 Å². The van der Waals surface area contributed by atoms with Crippen molar-refractivity contribution < 1.29 is 4.39 Å². The molecule has 2 aromatic carbocycles. The van der Waals surface area contributed by atoms with Gasteiger partial charge >= 0.3 is 0 Å². The Bertz CT molecular complexity index is 762. The molecule has 3 nitrogen and oxygen atoms in total. The van der Waals surface area contributed by atoms with Gasteiger partial charge in [-0.1, -0.05) is 41.4 Å². The van der Waals surface area contributed by atoms with Crippen molar-refractivity contribution >= 4 is 40.5 Å². The van der Waals surface area contributed by atoms with Gasteiger partial charge in [-0.3, -0.25) is 4.90 Å². The van der Waals surface area contributed by atoms with E-state index in [1.165, 1.54) is 12.1 Å². The van der Waals surface area contributed by atoms with Crippen LogP contribution in [0.3, 0.4) is 0 Å². The number of piperazine rings is 1. The zero-order valence-corrected chi connectivity index (χ0v) is 16.5. The minimum Gasteiger partial charge on any atom is -0.358 e. The first-order valence-electron chi connectivity index (χ1n) is 8.45. The third kappa shape index (κ3) is 5.30. The van der Waals surface area contributed by atoms with E-state index in [1.807, 2.05) is 24.3 Å². The minimum atomic E-state index is -0.305. The van der Waals surface area contributed by atoms with Crippen LogP contribution in [0, 0.1) is 5.82 Å². The van der Waals surface area contributed by atoms with E-state index in [2.05, 4.69) is 15.1 Å². The Kier molecular flexibility index (Phi) is 6.70. The molecule has 1 saturated heterocycles. The lowest BCUT2D eigenvalue weighted by atomic mass is 10.2. The molecule has 0 bridgehead atoms. The summed E-state index contributed by atoms with van der Waals surface area (Å²) in [4.78, 5) is 4.48. The number of hydrogen-bond donors (Lipinski definition) is 1. The number of hydrogen-bond acceptors (Lipinski definition) is 2. The lowest BCUT2D eigenvalue weighted by molar-refractivity contribution is 0.174. The van der Waals surface area contributed by atoms with Gasteiger partial charge in [0.05, 0.1) is 0 Å². The van der Waals surface area contributed by atoms with Crippen molar-refractivity contribution in [2.45, 2.75) is 13.1 Å². The van der Waals surface area contributed by atoms with Gasteiger partial charge in [0.15, 0.2) is 5.11 Å². The minimum absolute atomic E-state index is 0.305. The van der Waals surface area contributed by atoms with Gasteiger partial charge < -0.3 is 10.2 Å². The Labute approximate surface area is 168 Å². The summed E-state index contributed by atoms with van der Waals surface area (Å²) in [7, 11) is 0. The van der Waals surface area contributed by atoms with Gasteiger partial charge in [-0.2, -0.15) is 0 Å². The van der Waals surface area contributed by atoms with E-state index in [0.29, 0.717) is 11.6 Å². The molecule has 1 aliphatic rings. The molecule has 1 aliphatic heterocycles. The summed E-state index contributed by atoms with van der Waals surface area (Å²) in [5.74, 6) is -0.305. The highest BCUT2D eigenvalue weighted by molar-refractivity contribution is 7.80. The second kappa shape index (κ2) is 9.00. The molecule has 0 atom stereocenters. The van der Waals surface area contributed by atoms with E-state index in [1.54, 1.807) is 6.07 Å². The molecule has 0 aliphatic carbocycles. The topological polar surface area (TPSA) is 18.5 Å². The second-order valence-corrected chi connectivity index (χ2v) is 7.51. The number of thiocarbonyl (C=S) groups is 1. The third-order valence-corrected chi connectivity index (χ3v) is 5.43. The van der Waals surface area contributed by atoms with Crippen molar-refractivity contribution in [1.29, 1.82) is 0 Å². The predicted octanol–water partition coefficient (Wildman–Crippen LogP) is 4.32. The summed E-state index contributed by atoms with van der Waals surface area (Å²) in [6.45, 7) is 4.88. The van der Waals surface area contributed by atoms with Crippen LogP contribution in [0.15, 0.2) is 42.5 Å². The van der Waals surface area contributed by atoms with Gasteiger partial charge in [-0.05, 0) is 47.6 Å². The lowest BCUT2D eigenvalue weighted by Gasteiger charge is -2.36. The molecule has 1 fully saturated rings. The highest BCUT2D eigenvalue weighted by Gasteiger charge is 2.19. The Morgan fingerprint density at radius 3 is 2.38 bits per heavy atom. The van der Waals surface area contributed by atoms with Gasteiger partial charge in [0.1, 0.15) is 5.82 Å². The van der Waals surface area contributed by atoms with Crippen LogP contribution >= 0.6 is 35.4 Å². The molecule has 2 aromatic rings. The maximum Gasteiger partial charge on any atom is 0.169 e. The Morgan fingerprint density at radius 1 is 1.04 bits per heavy atom. The van der Waals surface area contributed by atoms with Crippen molar-refractivity contribution in [2.24, 2.45) is 0 Å². The lowest BCUT2D eigenvalue weighted by Crippen LogP contribution is -2.51. The monoisotopic (exact) mass is 411 g/mol. The van der Waals surface area contributed by atoms with E-state index in [0.717, 1.165) is 54.0 Å². The quantitative estimate of drug-likeness (QED) is 0.754. The summed E-state index contributed by atoms with van der Waals surface area (Å²) in [5, 5.41) is 5.27. The molecule has 138 valence electrons. The highest BCUT2D eigenvalue weighted by Crippen LogP contribution is 2.19. The summed E-state index contributed by atoms with van der Waals surface area (Å²) in [6.07, 6.45) is 0. The van der Waals surface area contributed by atoms with Gasteiger partial charge in [-0.15, -0.1) is 0 Å². The van der Waals surface area contributed by atoms with Crippen molar-refractivity contribution in [3.8, 4) is 0 Å². The molecular formula is C19H20Cl2FN3S. The van der Waals surface area contributed by atoms with E-state index in [-0.39, 0.29) is 5.82 Å². The van der Waals surface area contributed by atoms with Crippen molar-refractivity contribution in [3.05, 3.63) is 69.5 Å². The van der Waals surface area contributed by atoms with Crippen LogP contribution < -0.4 is 5.32 Å². The van der Waals surface area contributed by atoms with Crippen LogP contribution in [0.5, 0.6) is 0 Å². The Balaban J connectivity index is 1.45. The number of benzene rings is 2. The summed E-state index contributed by atoms with van der Waals surface area (Å²) >= 11 is 17.5. The van der Waals surface area contributed by atoms with Gasteiger partial charge in [0.25, 0.3) is 0 Å². The largest absolute Gasteiger partial charge is 0.358 e. The molecular weight excluding hydrogens is 392 g/mol. The maximum atomic E-state index is 13.1. The SMILES string of the molecule is Fc1ccc(CN2CCN(C(=S)NCc3ccc(Cl)cc3)CC2)c(Cl)c1. The fourth-order valence-corrected chi connectivity index (χ4v) is 3.50. The molecule has 7 heteroatoms. The Hall–Kier alpha value is -1.40. The molecule has 3 rings (SSSR count). The molecule has 0 radical (unpaired) electrons. The van der Waals surface area contributed by atoms with Crippen LogP contribution in [0.25, 0.3) is 0 Å². The summed E-state index contributed by atoms with van der Waals surface area (Å²) in [6, 6.07) is 12.3. The number of rotatable bonds is 4. The smallest absolute Gasteiger partial charge is 0.169 e. The molecule has 1 heterocycles. The van der Waals surface area contributed by atoms with E-state index in [9.17, 15) is 4.39 Å². The molecule has 0 spiro atoms.